The number of morpholine rings is 1. The van der Waals surface area contributed by atoms with Gasteiger partial charge >= 0.3 is 6.09 Å². The number of methoxy groups -OCH3 is 1. The van der Waals surface area contributed by atoms with Crippen LogP contribution in [0.3, 0.4) is 0 Å². The van der Waals surface area contributed by atoms with E-state index in [0.29, 0.717) is 18.8 Å². The van der Waals surface area contributed by atoms with Crippen molar-refractivity contribution in [3.8, 4) is 0 Å². The predicted molar refractivity (Wildman–Crippen MR) is 113 cm³/mol. The Hall–Kier alpha value is -2.65. The van der Waals surface area contributed by atoms with Gasteiger partial charge in [-0.15, -0.1) is 0 Å². The van der Waals surface area contributed by atoms with Gasteiger partial charge in [-0.3, -0.25) is 9.59 Å². The third-order valence-corrected chi connectivity index (χ3v) is 4.50. The number of likely N-dealkylation sites (N-methyl/N-ethyl adjacent to an activating group) is 1. The van der Waals surface area contributed by atoms with Crippen LogP contribution in [0.15, 0.2) is 18.2 Å². The molecule has 1 saturated heterocycles. The molecule has 1 heterocycles. The average Bonchev–Trinajstić information content (AvgIpc) is 2.65. The van der Waals surface area contributed by atoms with Gasteiger partial charge in [0.15, 0.2) is 0 Å². The lowest BCUT2D eigenvalue weighted by atomic mass is 10.1. The molecule has 1 fully saturated rings. The molecule has 30 heavy (non-hydrogen) atoms. The number of aryl methyl sites for hydroxylation is 1. The van der Waals surface area contributed by atoms with Gasteiger partial charge in [0.2, 0.25) is 0 Å². The number of nitrogens with one attached hydrogen (secondary N) is 1. The number of rotatable bonds is 6. The molecule has 1 aromatic rings. The van der Waals surface area contributed by atoms with Crippen LogP contribution in [0.5, 0.6) is 0 Å². The fraction of sp³-hybridized carbons (Fsp3) is 0.571. The number of carbonyl (C=O) groups excluding carboxylic acids is 3. The highest BCUT2D eigenvalue weighted by Crippen LogP contribution is 2.26. The summed E-state index contributed by atoms with van der Waals surface area (Å²) in [5.41, 5.74) is 1.59. The lowest BCUT2D eigenvalue weighted by Crippen LogP contribution is -2.51. The van der Waals surface area contributed by atoms with Crippen LogP contribution in [0.25, 0.3) is 0 Å². The fourth-order valence-electron chi connectivity index (χ4n) is 3.08. The van der Waals surface area contributed by atoms with E-state index in [1.807, 2.05) is 19.1 Å². The van der Waals surface area contributed by atoms with E-state index in [-0.39, 0.29) is 25.0 Å². The first-order chi connectivity index (χ1) is 14.0. The Morgan fingerprint density at radius 2 is 2.03 bits per heavy atom. The summed E-state index contributed by atoms with van der Waals surface area (Å²) < 4.78 is 15.5. The number of anilines is 2. The zero-order valence-corrected chi connectivity index (χ0v) is 18.5. The number of nitrogens with zero attached hydrogens (tertiary/aromatic N) is 2. The SMILES string of the molecule is COC[C@@H](NC(=O)OC(C)(C)C)C(=O)N(C)c1ccc(N2CCOCC2=O)c(C)c1. The standard InChI is InChI=1S/C21H31N3O6/c1-14-11-15(7-8-17(14)24-9-10-29-13-18(24)25)23(5)19(26)16(12-28-6)22-20(27)30-21(2,3)4/h7-8,11,16H,9-10,12-13H2,1-6H3,(H,22,27)/t16-/m1/s1. The Kier molecular flexibility index (Phi) is 7.80. The van der Waals surface area contributed by atoms with Gasteiger partial charge in [0.25, 0.3) is 11.8 Å². The van der Waals surface area contributed by atoms with Crippen molar-refractivity contribution in [2.75, 3.05) is 50.3 Å². The number of hydrogen-bond donors (Lipinski definition) is 1. The number of carbonyl (C=O) groups is 3. The minimum atomic E-state index is -0.907. The van der Waals surface area contributed by atoms with Gasteiger partial charge in [0, 0.05) is 32.1 Å². The summed E-state index contributed by atoms with van der Waals surface area (Å²) in [6, 6.07) is 4.49. The van der Waals surface area contributed by atoms with Crippen LogP contribution in [-0.2, 0) is 23.8 Å². The highest BCUT2D eigenvalue weighted by Gasteiger charge is 2.28. The molecule has 2 rings (SSSR count). The molecular weight excluding hydrogens is 390 g/mol. The van der Waals surface area contributed by atoms with E-state index in [1.165, 1.54) is 12.0 Å². The monoisotopic (exact) mass is 421 g/mol. The summed E-state index contributed by atoms with van der Waals surface area (Å²) in [5, 5.41) is 2.56. The van der Waals surface area contributed by atoms with E-state index in [2.05, 4.69) is 5.32 Å². The van der Waals surface area contributed by atoms with E-state index in [4.69, 9.17) is 14.2 Å². The Morgan fingerprint density at radius 1 is 1.33 bits per heavy atom. The van der Waals surface area contributed by atoms with Crippen LogP contribution in [0, 0.1) is 6.92 Å². The zero-order valence-electron chi connectivity index (χ0n) is 18.5. The number of ether oxygens (including phenoxy) is 3. The maximum absolute atomic E-state index is 13.0. The Bertz CT molecular complexity index is 789. The van der Waals surface area contributed by atoms with E-state index in [1.54, 1.807) is 38.8 Å². The molecule has 1 N–H and O–H groups in total. The second-order valence-corrected chi connectivity index (χ2v) is 8.12. The molecule has 0 spiro atoms. The second kappa shape index (κ2) is 9.90. The molecule has 1 aromatic carbocycles. The van der Waals surface area contributed by atoms with Crippen molar-refractivity contribution in [1.82, 2.24) is 5.32 Å². The summed E-state index contributed by atoms with van der Waals surface area (Å²) in [7, 11) is 3.07. The summed E-state index contributed by atoms with van der Waals surface area (Å²) in [6.45, 7) is 8.16. The van der Waals surface area contributed by atoms with Gasteiger partial charge in [0.1, 0.15) is 18.2 Å². The van der Waals surface area contributed by atoms with Gasteiger partial charge in [-0.2, -0.15) is 0 Å². The topological polar surface area (TPSA) is 97.4 Å². The number of alkyl carbamates (subject to hydrolysis) is 1. The van der Waals surface area contributed by atoms with E-state index >= 15 is 0 Å². The quantitative estimate of drug-likeness (QED) is 0.753. The first kappa shape index (κ1) is 23.6. The van der Waals surface area contributed by atoms with Crippen LogP contribution in [0.2, 0.25) is 0 Å². The van der Waals surface area contributed by atoms with Crippen molar-refractivity contribution in [2.45, 2.75) is 39.3 Å². The number of hydrogen-bond acceptors (Lipinski definition) is 6. The Morgan fingerprint density at radius 3 is 2.60 bits per heavy atom. The summed E-state index contributed by atoms with van der Waals surface area (Å²) in [6.07, 6.45) is -0.691. The van der Waals surface area contributed by atoms with Crippen molar-refractivity contribution in [1.29, 1.82) is 0 Å². The third kappa shape index (κ3) is 6.17. The minimum Gasteiger partial charge on any atom is -0.444 e. The first-order valence-electron chi connectivity index (χ1n) is 9.78. The summed E-state index contributed by atoms with van der Waals surface area (Å²) in [4.78, 5) is 40.3. The van der Waals surface area contributed by atoms with Gasteiger partial charge in [-0.05, 0) is 51.5 Å². The molecular formula is C21H31N3O6. The molecule has 0 radical (unpaired) electrons. The van der Waals surface area contributed by atoms with Gasteiger partial charge in [0.05, 0.1) is 13.2 Å². The van der Waals surface area contributed by atoms with E-state index in [0.717, 1.165) is 11.3 Å². The molecule has 1 aliphatic heterocycles. The number of amides is 3. The molecule has 1 atom stereocenters. The summed E-state index contributed by atoms with van der Waals surface area (Å²) in [5.74, 6) is -0.444. The van der Waals surface area contributed by atoms with E-state index in [9.17, 15) is 14.4 Å². The largest absolute Gasteiger partial charge is 0.444 e. The highest BCUT2D eigenvalue weighted by atomic mass is 16.6. The molecule has 1 aliphatic rings. The van der Waals surface area contributed by atoms with Gasteiger partial charge in [-0.1, -0.05) is 0 Å². The molecule has 0 saturated carbocycles. The van der Waals surface area contributed by atoms with Crippen LogP contribution < -0.4 is 15.1 Å². The summed E-state index contributed by atoms with van der Waals surface area (Å²) >= 11 is 0. The van der Waals surface area contributed by atoms with Crippen LogP contribution in [0.1, 0.15) is 26.3 Å². The lowest BCUT2D eigenvalue weighted by molar-refractivity contribution is -0.125. The van der Waals surface area contributed by atoms with Gasteiger partial charge in [-0.25, -0.2) is 4.79 Å². The second-order valence-electron chi connectivity index (χ2n) is 8.12. The highest BCUT2D eigenvalue weighted by molar-refractivity contribution is 5.99. The Balaban J connectivity index is 2.15. The first-order valence-corrected chi connectivity index (χ1v) is 9.78. The maximum atomic E-state index is 13.0. The van der Waals surface area contributed by atoms with E-state index < -0.39 is 17.7 Å². The molecule has 166 valence electrons. The average molecular weight is 421 g/mol. The molecule has 0 aliphatic carbocycles. The zero-order chi connectivity index (χ0) is 22.5. The molecule has 0 unspecified atom stereocenters. The molecule has 3 amide bonds. The smallest absolute Gasteiger partial charge is 0.408 e. The van der Waals surface area contributed by atoms with Crippen LogP contribution in [-0.4, -0.2) is 70.1 Å². The number of benzene rings is 1. The molecule has 0 aromatic heterocycles. The van der Waals surface area contributed by atoms with Crippen molar-refractivity contribution in [3.63, 3.8) is 0 Å². The van der Waals surface area contributed by atoms with Crippen LogP contribution in [0.4, 0.5) is 16.2 Å². The van der Waals surface area contributed by atoms with Crippen LogP contribution >= 0.6 is 0 Å². The predicted octanol–water partition coefficient (Wildman–Crippen LogP) is 1.86. The fourth-order valence-corrected chi connectivity index (χ4v) is 3.08. The lowest BCUT2D eigenvalue weighted by Gasteiger charge is -2.29. The maximum Gasteiger partial charge on any atom is 0.408 e. The van der Waals surface area contributed by atoms with Crippen molar-refractivity contribution >= 4 is 29.3 Å². The van der Waals surface area contributed by atoms with Crippen molar-refractivity contribution in [3.05, 3.63) is 23.8 Å². The van der Waals surface area contributed by atoms with Crippen molar-refractivity contribution in [2.24, 2.45) is 0 Å². The molecule has 0 bridgehead atoms. The van der Waals surface area contributed by atoms with Gasteiger partial charge < -0.3 is 29.3 Å². The molecule has 9 nitrogen and oxygen atoms in total. The normalized spacial score (nSPS) is 15.5. The minimum absolute atomic E-state index is 0.00175. The third-order valence-electron chi connectivity index (χ3n) is 4.50. The van der Waals surface area contributed by atoms with Crippen molar-refractivity contribution < 1.29 is 28.6 Å². The molecule has 9 heteroatoms. The Labute approximate surface area is 177 Å².